The SMILES string of the molecule is NC(=Nc1nc(-c2ccccc2C(F)(F)F)nc2c1OCCCC2)c1cc(F)ccc1N. The Labute approximate surface area is 181 Å². The maximum absolute atomic E-state index is 13.7. The minimum Gasteiger partial charge on any atom is -0.488 e. The maximum Gasteiger partial charge on any atom is 0.417 e. The van der Waals surface area contributed by atoms with Gasteiger partial charge in [0.25, 0.3) is 0 Å². The van der Waals surface area contributed by atoms with E-state index in [4.69, 9.17) is 16.2 Å². The second kappa shape index (κ2) is 8.45. The summed E-state index contributed by atoms with van der Waals surface area (Å²) in [7, 11) is 0. The fraction of sp³-hybridized carbons (Fsp3) is 0.227. The van der Waals surface area contributed by atoms with Gasteiger partial charge in [0, 0.05) is 16.8 Å². The van der Waals surface area contributed by atoms with E-state index in [1.807, 2.05) is 0 Å². The lowest BCUT2D eigenvalue weighted by Crippen LogP contribution is -2.16. The van der Waals surface area contributed by atoms with Crippen LogP contribution in [0.25, 0.3) is 11.4 Å². The van der Waals surface area contributed by atoms with Crippen molar-refractivity contribution in [1.29, 1.82) is 0 Å². The number of ether oxygens (including phenoxy) is 1. The first kappa shape index (κ1) is 21.5. The van der Waals surface area contributed by atoms with Crippen molar-refractivity contribution in [3.8, 4) is 17.1 Å². The molecular weight excluding hydrogens is 426 g/mol. The molecule has 10 heteroatoms. The number of nitrogen functional groups attached to an aromatic ring is 1. The summed E-state index contributed by atoms with van der Waals surface area (Å²) in [6.45, 7) is 0.374. The molecule has 1 aromatic heterocycles. The molecule has 3 aromatic rings. The number of halogens is 4. The molecule has 0 bridgehead atoms. The second-order valence-electron chi connectivity index (χ2n) is 7.22. The number of hydrogen-bond donors (Lipinski definition) is 2. The van der Waals surface area contributed by atoms with Crippen molar-refractivity contribution in [3.63, 3.8) is 0 Å². The number of aliphatic imine (C=N–C) groups is 1. The van der Waals surface area contributed by atoms with E-state index >= 15 is 0 Å². The van der Waals surface area contributed by atoms with Crippen molar-refractivity contribution in [1.82, 2.24) is 9.97 Å². The first-order valence-electron chi connectivity index (χ1n) is 9.84. The molecule has 4 N–H and O–H groups in total. The molecule has 0 unspecified atom stereocenters. The minimum absolute atomic E-state index is 0.0370. The molecule has 6 nitrogen and oxygen atoms in total. The normalized spacial score (nSPS) is 14.4. The summed E-state index contributed by atoms with van der Waals surface area (Å²) in [6.07, 6.45) is -2.65. The lowest BCUT2D eigenvalue weighted by Gasteiger charge is -2.15. The Kier molecular flexibility index (Phi) is 5.68. The van der Waals surface area contributed by atoms with Gasteiger partial charge in [-0.2, -0.15) is 13.2 Å². The summed E-state index contributed by atoms with van der Waals surface area (Å²) in [5.41, 5.74) is 11.7. The highest BCUT2D eigenvalue weighted by atomic mass is 19.4. The third-order valence-corrected chi connectivity index (χ3v) is 4.96. The van der Waals surface area contributed by atoms with Gasteiger partial charge in [0.15, 0.2) is 11.6 Å². The van der Waals surface area contributed by atoms with E-state index in [0.717, 1.165) is 25.0 Å². The standard InChI is InChI=1S/C22H19F4N5O/c23-12-8-9-16(27)14(11-12)19(28)30-21-18-17(7-3-4-10-32-18)29-20(31-21)13-5-1-2-6-15(13)22(24,25)26/h1-2,5-6,8-9,11H,3-4,7,10,27H2,(H2,28,29,30,31). The van der Waals surface area contributed by atoms with E-state index in [-0.39, 0.29) is 40.0 Å². The topological polar surface area (TPSA) is 99.4 Å². The zero-order valence-electron chi connectivity index (χ0n) is 16.8. The zero-order valence-corrected chi connectivity index (χ0v) is 16.8. The number of alkyl halides is 3. The number of hydrogen-bond acceptors (Lipinski definition) is 5. The van der Waals surface area contributed by atoms with E-state index < -0.39 is 17.6 Å². The number of nitrogens with zero attached hydrogens (tertiary/aromatic N) is 3. The molecule has 2 heterocycles. The fourth-order valence-electron chi connectivity index (χ4n) is 3.42. The lowest BCUT2D eigenvalue weighted by atomic mass is 10.1. The molecule has 0 aliphatic carbocycles. The van der Waals surface area contributed by atoms with Crippen LogP contribution in [0, 0.1) is 5.82 Å². The highest BCUT2D eigenvalue weighted by Crippen LogP contribution is 2.39. The van der Waals surface area contributed by atoms with Crippen molar-refractivity contribution in [3.05, 3.63) is 65.1 Å². The Hall–Kier alpha value is -3.69. The molecule has 4 rings (SSSR count). The quantitative estimate of drug-likeness (QED) is 0.265. The molecule has 0 fully saturated rings. The van der Waals surface area contributed by atoms with Gasteiger partial charge >= 0.3 is 6.18 Å². The monoisotopic (exact) mass is 445 g/mol. The highest BCUT2D eigenvalue weighted by molar-refractivity contribution is 6.03. The molecule has 1 aliphatic heterocycles. The molecule has 0 atom stereocenters. The largest absolute Gasteiger partial charge is 0.488 e. The Bertz CT molecular complexity index is 1190. The number of aryl methyl sites for hydroxylation is 1. The summed E-state index contributed by atoms with van der Waals surface area (Å²) in [6, 6.07) is 8.67. The van der Waals surface area contributed by atoms with Crippen LogP contribution in [0.2, 0.25) is 0 Å². The van der Waals surface area contributed by atoms with Crippen LogP contribution in [0.15, 0.2) is 47.5 Å². The number of amidine groups is 1. The maximum atomic E-state index is 13.7. The average molecular weight is 445 g/mol. The van der Waals surface area contributed by atoms with Gasteiger partial charge in [-0.3, -0.25) is 0 Å². The van der Waals surface area contributed by atoms with E-state index in [9.17, 15) is 17.6 Å². The van der Waals surface area contributed by atoms with Crippen molar-refractivity contribution in [2.45, 2.75) is 25.4 Å². The number of benzene rings is 2. The molecule has 166 valence electrons. The number of nitrogens with two attached hydrogens (primary N) is 2. The van der Waals surface area contributed by atoms with E-state index in [0.29, 0.717) is 18.7 Å². The second-order valence-corrected chi connectivity index (χ2v) is 7.22. The molecule has 2 aromatic carbocycles. The minimum atomic E-state index is -4.60. The summed E-state index contributed by atoms with van der Waals surface area (Å²) in [5.74, 6) is -0.657. The van der Waals surface area contributed by atoms with Crippen molar-refractivity contribution >= 4 is 17.3 Å². The van der Waals surface area contributed by atoms with Gasteiger partial charge in [0.2, 0.25) is 5.82 Å². The third kappa shape index (κ3) is 4.34. The van der Waals surface area contributed by atoms with Crippen molar-refractivity contribution in [2.24, 2.45) is 10.7 Å². The van der Waals surface area contributed by atoms with Crippen LogP contribution in [0.3, 0.4) is 0 Å². The van der Waals surface area contributed by atoms with Gasteiger partial charge in [-0.15, -0.1) is 0 Å². The number of rotatable bonds is 3. The smallest absolute Gasteiger partial charge is 0.417 e. The molecule has 0 saturated carbocycles. The molecule has 0 amide bonds. The zero-order chi connectivity index (χ0) is 22.9. The molecule has 0 radical (unpaired) electrons. The van der Waals surface area contributed by atoms with Gasteiger partial charge < -0.3 is 16.2 Å². The summed E-state index contributed by atoms with van der Waals surface area (Å²) >= 11 is 0. The Balaban J connectivity index is 1.91. The van der Waals surface area contributed by atoms with Gasteiger partial charge in [-0.05, 0) is 43.5 Å². The van der Waals surface area contributed by atoms with Gasteiger partial charge in [-0.25, -0.2) is 19.4 Å². The van der Waals surface area contributed by atoms with Crippen LogP contribution in [-0.4, -0.2) is 22.4 Å². The van der Waals surface area contributed by atoms with Crippen LogP contribution >= 0.6 is 0 Å². The summed E-state index contributed by atoms with van der Waals surface area (Å²) in [4.78, 5) is 12.9. The highest BCUT2D eigenvalue weighted by Gasteiger charge is 2.34. The van der Waals surface area contributed by atoms with Gasteiger partial charge in [-0.1, -0.05) is 18.2 Å². The summed E-state index contributed by atoms with van der Waals surface area (Å²) in [5, 5.41) is 0. The van der Waals surface area contributed by atoms with Crippen LogP contribution in [0.5, 0.6) is 5.75 Å². The first-order valence-corrected chi connectivity index (χ1v) is 9.84. The predicted molar refractivity (Wildman–Crippen MR) is 112 cm³/mol. The van der Waals surface area contributed by atoms with Crippen LogP contribution < -0.4 is 16.2 Å². The fourth-order valence-corrected chi connectivity index (χ4v) is 3.42. The van der Waals surface area contributed by atoms with E-state index in [1.54, 1.807) is 0 Å². The predicted octanol–water partition coefficient (Wildman–Crippen LogP) is 4.64. The third-order valence-electron chi connectivity index (χ3n) is 4.96. The summed E-state index contributed by atoms with van der Waals surface area (Å²) < 4.78 is 60.2. The Morgan fingerprint density at radius 3 is 2.62 bits per heavy atom. The molecule has 32 heavy (non-hydrogen) atoms. The number of fused-ring (bicyclic) bond motifs is 1. The molecule has 0 saturated heterocycles. The van der Waals surface area contributed by atoms with Gasteiger partial charge in [0.1, 0.15) is 11.7 Å². The molecule has 1 aliphatic rings. The van der Waals surface area contributed by atoms with Crippen LogP contribution in [0.4, 0.5) is 29.1 Å². The van der Waals surface area contributed by atoms with E-state index in [2.05, 4.69) is 15.0 Å². The molecular formula is C22H19F4N5O. The van der Waals surface area contributed by atoms with Crippen LogP contribution in [0.1, 0.15) is 29.7 Å². The van der Waals surface area contributed by atoms with Crippen LogP contribution in [-0.2, 0) is 12.6 Å². The average Bonchev–Trinajstić information content (AvgIpc) is 3.00. The molecule has 0 spiro atoms. The van der Waals surface area contributed by atoms with Crippen molar-refractivity contribution in [2.75, 3.05) is 12.3 Å². The first-order chi connectivity index (χ1) is 15.2. The Morgan fingerprint density at radius 2 is 1.84 bits per heavy atom. The Morgan fingerprint density at radius 1 is 1.06 bits per heavy atom. The van der Waals surface area contributed by atoms with Gasteiger partial charge in [0.05, 0.1) is 17.9 Å². The van der Waals surface area contributed by atoms with Crippen molar-refractivity contribution < 1.29 is 22.3 Å². The number of aromatic nitrogens is 2. The number of anilines is 1. The van der Waals surface area contributed by atoms with E-state index in [1.165, 1.54) is 30.3 Å². The lowest BCUT2D eigenvalue weighted by molar-refractivity contribution is -0.137.